The third kappa shape index (κ3) is 5.06. The van der Waals surface area contributed by atoms with Crippen LogP contribution in [0.1, 0.15) is 49.7 Å². The molecule has 5 heteroatoms. The van der Waals surface area contributed by atoms with Crippen LogP contribution in [0.4, 0.5) is 0 Å². The Morgan fingerprint density at radius 2 is 2.17 bits per heavy atom. The zero-order valence-electron chi connectivity index (χ0n) is 13.6. The number of carboxylic acids is 1. The van der Waals surface area contributed by atoms with Crippen LogP contribution in [0.3, 0.4) is 0 Å². The van der Waals surface area contributed by atoms with Crippen LogP contribution in [0.15, 0.2) is 24.3 Å². The maximum Gasteiger partial charge on any atom is 0.326 e. The van der Waals surface area contributed by atoms with Gasteiger partial charge in [0.15, 0.2) is 0 Å². The molecule has 2 unspecified atom stereocenters. The first-order valence-electron chi connectivity index (χ1n) is 8.29. The summed E-state index contributed by atoms with van der Waals surface area (Å²) < 4.78 is 5.17. The molecule has 0 saturated carbocycles. The summed E-state index contributed by atoms with van der Waals surface area (Å²) in [5.41, 5.74) is 2.52. The molecule has 0 bridgehead atoms. The number of carbonyl (C=O) groups excluding carboxylic acids is 1. The van der Waals surface area contributed by atoms with Crippen LogP contribution in [-0.4, -0.2) is 36.2 Å². The Balaban J connectivity index is 1.97. The number of hydrogen-bond acceptors (Lipinski definition) is 3. The molecule has 1 aliphatic carbocycles. The summed E-state index contributed by atoms with van der Waals surface area (Å²) in [6.45, 7) is 2.37. The van der Waals surface area contributed by atoms with E-state index in [0.29, 0.717) is 13.0 Å². The van der Waals surface area contributed by atoms with Crippen molar-refractivity contribution in [2.45, 2.75) is 51.0 Å². The van der Waals surface area contributed by atoms with Crippen molar-refractivity contribution in [1.82, 2.24) is 5.32 Å². The number of aliphatic carboxylic acids is 1. The van der Waals surface area contributed by atoms with Crippen LogP contribution in [0.5, 0.6) is 0 Å². The van der Waals surface area contributed by atoms with Crippen LogP contribution < -0.4 is 5.32 Å². The Bertz CT molecular complexity index is 544. The predicted molar refractivity (Wildman–Crippen MR) is 87.4 cm³/mol. The summed E-state index contributed by atoms with van der Waals surface area (Å²) in [5.74, 6) is -1.18. The largest absolute Gasteiger partial charge is 0.480 e. The lowest BCUT2D eigenvalue weighted by Gasteiger charge is -2.28. The topological polar surface area (TPSA) is 75.6 Å². The molecule has 0 saturated heterocycles. The fourth-order valence-corrected chi connectivity index (χ4v) is 3.15. The van der Waals surface area contributed by atoms with E-state index in [1.165, 1.54) is 11.1 Å². The minimum absolute atomic E-state index is 0.0845. The Labute approximate surface area is 137 Å². The van der Waals surface area contributed by atoms with Gasteiger partial charge in [0.1, 0.15) is 12.6 Å². The van der Waals surface area contributed by atoms with Crippen molar-refractivity contribution >= 4 is 11.9 Å². The standard InChI is InChI=1S/C18H25NO4/c1-2-10-23-12-17(20)19-16(18(21)22)11-14-8-5-7-13-6-3-4-9-15(13)14/h3-4,6,9,14,16H,2,5,7-8,10-12H2,1H3,(H,19,20)(H,21,22). The van der Waals surface area contributed by atoms with Crippen molar-refractivity contribution in [3.8, 4) is 0 Å². The molecule has 0 aromatic heterocycles. The summed E-state index contributed by atoms with van der Waals surface area (Å²) in [7, 11) is 0. The summed E-state index contributed by atoms with van der Waals surface area (Å²) in [6, 6.07) is 7.31. The van der Waals surface area contributed by atoms with Crippen LogP contribution >= 0.6 is 0 Å². The summed E-state index contributed by atoms with van der Waals surface area (Å²) >= 11 is 0. The highest BCUT2D eigenvalue weighted by molar-refractivity contribution is 5.84. The lowest BCUT2D eigenvalue weighted by atomic mass is 9.79. The lowest BCUT2D eigenvalue weighted by molar-refractivity contribution is -0.142. The number of carboxylic acid groups (broad SMARTS) is 1. The van der Waals surface area contributed by atoms with Gasteiger partial charge in [0.05, 0.1) is 0 Å². The highest BCUT2D eigenvalue weighted by Gasteiger charge is 2.28. The van der Waals surface area contributed by atoms with Gasteiger partial charge in [0, 0.05) is 6.61 Å². The number of benzene rings is 1. The number of hydrogen-bond donors (Lipinski definition) is 2. The van der Waals surface area contributed by atoms with Gasteiger partial charge in [-0.05, 0) is 49.1 Å². The van der Waals surface area contributed by atoms with E-state index in [0.717, 1.165) is 25.7 Å². The molecule has 1 aromatic rings. The molecule has 126 valence electrons. The van der Waals surface area contributed by atoms with E-state index in [1.54, 1.807) is 0 Å². The molecule has 2 atom stereocenters. The highest BCUT2D eigenvalue weighted by Crippen LogP contribution is 2.34. The molecule has 1 amide bonds. The smallest absolute Gasteiger partial charge is 0.326 e. The second-order valence-electron chi connectivity index (χ2n) is 6.03. The van der Waals surface area contributed by atoms with Gasteiger partial charge in [-0.2, -0.15) is 0 Å². The van der Waals surface area contributed by atoms with Crippen LogP contribution in [0, 0.1) is 0 Å². The Hall–Kier alpha value is -1.88. The number of aryl methyl sites for hydroxylation is 1. The van der Waals surface area contributed by atoms with Crippen LogP contribution in [0.2, 0.25) is 0 Å². The molecule has 0 spiro atoms. The molecule has 0 fully saturated rings. The first-order chi connectivity index (χ1) is 11.1. The normalized spacial score (nSPS) is 18.0. The molecule has 0 heterocycles. The van der Waals surface area contributed by atoms with Gasteiger partial charge in [0.25, 0.3) is 0 Å². The average Bonchev–Trinajstić information content (AvgIpc) is 2.54. The fraction of sp³-hybridized carbons (Fsp3) is 0.556. The number of amides is 1. The minimum Gasteiger partial charge on any atom is -0.480 e. The van der Waals surface area contributed by atoms with Gasteiger partial charge in [-0.1, -0.05) is 31.2 Å². The third-order valence-electron chi connectivity index (χ3n) is 4.23. The van der Waals surface area contributed by atoms with Gasteiger partial charge in [-0.25, -0.2) is 4.79 Å². The molecule has 5 nitrogen and oxygen atoms in total. The van der Waals surface area contributed by atoms with Crippen molar-refractivity contribution in [2.24, 2.45) is 0 Å². The van der Waals surface area contributed by atoms with Gasteiger partial charge in [0.2, 0.25) is 5.91 Å². The van der Waals surface area contributed by atoms with Gasteiger partial charge >= 0.3 is 5.97 Å². The van der Waals surface area contributed by atoms with Gasteiger partial charge in [-0.3, -0.25) is 4.79 Å². The zero-order valence-corrected chi connectivity index (χ0v) is 13.6. The molecule has 2 rings (SSSR count). The lowest BCUT2D eigenvalue weighted by Crippen LogP contribution is -2.43. The number of ether oxygens (including phenoxy) is 1. The van der Waals surface area contributed by atoms with E-state index < -0.39 is 12.0 Å². The van der Waals surface area contributed by atoms with E-state index in [2.05, 4.69) is 17.4 Å². The minimum atomic E-state index is -0.989. The van der Waals surface area contributed by atoms with Crippen LogP contribution in [0.25, 0.3) is 0 Å². The summed E-state index contributed by atoms with van der Waals surface area (Å²) in [5, 5.41) is 12.0. The fourth-order valence-electron chi connectivity index (χ4n) is 3.15. The molecular weight excluding hydrogens is 294 g/mol. The van der Waals surface area contributed by atoms with Crippen molar-refractivity contribution in [3.05, 3.63) is 35.4 Å². The van der Waals surface area contributed by atoms with E-state index in [9.17, 15) is 14.7 Å². The molecule has 1 aliphatic rings. The Morgan fingerprint density at radius 3 is 2.91 bits per heavy atom. The van der Waals surface area contributed by atoms with Crippen molar-refractivity contribution in [2.75, 3.05) is 13.2 Å². The number of rotatable bonds is 8. The molecule has 0 aliphatic heterocycles. The third-order valence-corrected chi connectivity index (χ3v) is 4.23. The Kier molecular flexibility index (Phi) is 6.59. The Morgan fingerprint density at radius 1 is 1.39 bits per heavy atom. The monoisotopic (exact) mass is 319 g/mol. The number of carbonyl (C=O) groups is 2. The van der Waals surface area contributed by atoms with Gasteiger partial charge < -0.3 is 15.2 Å². The van der Waals surface area contributed by atoms with E-state index in [-0.39, 0.29) is 18.4 Å². The second kappa shape index (κ2) is 8.67. The second-order valence-corrected chi connectivity index (χ2v) is 6.03. The molecule has 1 aromatic carbocycles. The van der Waals surface area contributed by atoms with Crippen LogP contribution in [-0.2, 0) is 20.7 Å². The first kappa shape index (κ1) is 17.5. The van der Waals surface area contributed by atoms with E-state index in [4.69, 9.17) is 4.74 Å². The summed E-state index contributed by atoms with van der Waals surface area (Å²) in [4.78, 5) is 23.3. The predicted octanol–water partition coefficient (Wildman–Crippen LogP) is 2.49. The SMILES string of the molecule is CCCOCC(=O)NC(CC1CCCc2ccccc21)C(=O)O. The maximum absolute atomic E-state index is 11.8. The van der Waals surface area contributed by atoms with Crippen molar-refractivity contribution in [1.29, 1.82) is 0 Å². The maximum atomic E-state index is 11.8. The van der Waals surface area contributed by atoms with Crippen molar-refractivity contribution < 1.29 is 19.4 Å². The van der Waals surface area contributed by atoms with Gasteiger partial charge in [-0.15, -0.1) is 0 Å². The van der Waals surface area contributed by atoms with Crippen molar-refractivity contribution in [3.63, 3.8) is 0 Å². The first-order valence-corrected chi connectivity index (χ1v) is 8.29. The number of nitrogens with one attached hydrogen (secondary N) is 1. The summed E-state index contributed by atoms with van der Waals surface area (Å²) in [6.07, 6.45) is 4.31. The zero-order chi connectivity index (χ0) is 16.7. The number of fused-ring (bicyclic) bond motifs is 1. The quantitative estimate of drug-likeness (QED) is 0.722. The van der Waals surface area contributed by atoms with E-state index in [1.807, 2.05) is 19.1 Å². The van der Waals surface area contributed by atoms with E-state index >= 15 is 0 Å². The highest BCUT2D eigenvalue weighted by atomic mass is 16.5. The molecule has 2 N–H and O–H groups in total. The average molecular weight is 319 g/mol. The molecular formula is C18H25NO4. The molecule has 23 heavy (non-hydrogen) atoms. The molecule has 0 radical (unpaired) electrons.